The highest BCUT2D eigenvalue weighted by molar-refractivity contribution is 8.01. The highest BCUT2D eigenvalue weighted by Crippen LogP contribution is 2.38. The first kappa shape index (κ1) is 19.1. The van der Waals surface area contributed by atoms with Crippen LogP contribution in [-0.4, -0.2) is 48.6 Å². The van der Waals surface area contributed by atoms with Gasteiger partial charge in [-0.1, -0.05) is 25.4 Å². The highest BCUT2D eigenvalue weighted by atomic mass is 35.5. The predicted molar refractivity (Wildman–Crippen MR) is 99.7 cm³/mol. The summed E-state index contributed by atoms with van der Waals surface area (Å²) in [5, 5.41) is 5.93. The summed E-state index contributed by atoms with van der Waals surface area (Å²) in [5.74, 6) is 0.176. The van der Waals surface area contributed by atoms with Gasteiger partial charge in [0.15, 0.2) is 0 Å². The molecular weight excluding hydrogens is 346 g/mol. The lowest BCUT2D eigenvalue weighted by Crippen LogP contribution is -2.44. The quantitative estimate of drug-likeness (QED) is 0.809. The highest BCUT2D eigenvalue weighted by Gasteiger charge is 2.29. The van der Waals surface area contributed by atoms with E-state index in [-0.39, 0.29) is 24.3 Å². The van der Waals surface area contributed by atoms with Crippen LogP contribution in [0, 0.1) is 5.92 Å². The summed E-state index contributed by atoms with van der Waals surface area (Å²) >= 11 is 7.35. The number of anilines is 1. The van der Waals surface area contributed by atoms with Crippen LogP contribution in [-0.2, 0) is 9.59 Å². The Hall–Kier alpha value is -1.24. The molecule has 0 spiro atoms. The number of likely N-dealkylation sites (N-methyl/N-ethyl adjacent to an activating group) is 1. The zero-order valence-electron chi connectivity index (χ0n) is 14.4. The van der Waals surface area contributed by atoms with Crippen LogP contribution in [0.25, 0.3) is 0 Å². The molecule has 1 aliphatic heterocycles. The molecule has 2 rings (SSSR count). The van der Waals surface area contributed by atoms with Gasteiger partial charge in [-0.2, -0.15) is 0 Å². The molecule has 2 unspecified atom stereocenters. The van der Waals surface area contributed by atoms with E-state index in [0.717, 1.165) is 4.90 Å². The lowest BCUT2D eigenvalue weighted by molar-refractivity contribution is -0.124. The minimum absolute atomic E-state index is 0.104. The Morgan fingerprint density at radius 2 is 2.12 bits per heavy atom. The topological polar surface area (TPSA) is 61.4 Å². The van der Waals surface area contributed by atoms with E-state index < -0.39 is 5.25 Å². The maximum absolute atomic E-state index is 12.2. The number of hydrogen-bond donors (Lipinski definition) is 2. The Labute approximate surface area is 152 Å². The first-order chi connectivity index (χ1) is 11.3. The Morgan fingerprint density at radius 3 is 2.75 bits per heavy atom. The second kappa shape index (κ2) is 8.23. The molecule has 1 heterocycles. The zero-order valence-corrected chi connectivity index (χ0v) is 16.0. The largest absolute Gasteiger partial charge is 0.354 e. The number of carbonyl (C=O) groups excluding carboxylic acids is 2. The van der Waals surface area contributed by atoms with Gasteiger partial charge in [-0.15, -0.1) is 11.8 Å². The van der Waals surface area contributed by atoms with Crippen molar-refractivity contribution in [1.29, 1.82) is 0 Å². The molecule has 132 valence electrons. The molecule has 1 aromatic carbocycles. The minimum Gasteiger partial charge on any atom is -0.354 e. The second-order valence-electron chi connectivity index (χ2n) is 6.52. The summed E-state index contributed by atoms with van der Waals surface area (Å²) in [7, 11) is 4.01. The lowest BCUT2D eigenvalue weighted by Gasteiger charge is -2.28. The molecule has 0 radical (unpaired) electrons. The number of rotatable bonds is 6. The number of thioether (sulfide) groups is 1. The van der Waals surface area contributed by atoms with E-state index in [4.69, 9.17) is 11.6 Å². The Bertz CT molecular complexity index is 614. The van der Waals surface area contributed by atoms with Gasteiger partial charge >= 0.3 is 0 Å². The maximum Gasteiger partial charge on any atom is 0.238 e. The fraction of sp³-hybridized carbons (Fsp3) is 0.529. The summed E-state index contributed by atoms with van der Waals surface area (Å²) in [4.78, 5) is 27.5. The average molecular weight is 370 g/mol. The molecule has 0 saturated carbocycles. The third-order valence-electron chi connectivity index (χ3n) is 4.07. The summed E-state index contributed by atoms with van der Waals surface area (Å²) < 4.78 is 0. The molecule has 1 aromatic rings. The summed E-state index contributed by atoms with van der Waals surface area (Å²) in [5.41, 5.74) is 0.710. The standard InChI is InChI=1S/C17H24ClN3O2S/c1-10(2)13(21(3)4)9-19-16(22)8-15-17(23)20-12-7-11(18)5-6-14(12)24-15/h5-7,10,13,15H,8-9H2,1-4H3,(H,19,22)(H,20,23). The van der Waals surface area contributed by atoms with Crippen molar-refractivity contribution in [2.45, 2.75) is 36.5 Å². The third kappa shape index (κ3) is 4.88. The molecule has 1 aliphatic rings. The van der Waals surface area contributed by atoms with Crippen LogP contribution >= 0.6 is 23.4 Å². The number of benzene rings is 1. The van der Waals surface area contributed by atoms with Crippen molar-refractivity contribution in [2.75, 3.05) is 26.0 Å². The lowest BCUT2D eigenvalue weighted by atomic mass is 10.0. The molecular formula is C17H24ClN3O2S. The molecule has 0 bridgehead atoms. The second-order valence-corrected chi connectivity index (χ2v) is 8.20. The Kier molecular flexibility index (Phi) is 6.54. The van der Waals surface area contributed by atoms with Crippen LogP contribution in [0.5, 0.6) is 0 Å². The molecule has 0 fully saturated rings. The van der Waals surface area contributed by atoms with Gasteiger partial charge in [-0.25, -0.2) is 0 Å². The van der Waals surface area contributed by atoms with Gasteiger partial charge < -0.3 is 15.5 Å². The van der Waals surface area contributed by atoms with Gasteiger partial charge in [0.1, 0.15) is 0 Å². The number of halogens is 1. The van der Waals surface area contributed by atoms with Crippen molar-refractivity contribution >= 4 is 40.9 Å². The van der Waals surface area contributed by atoms with Gasteiger partial charge in [-0.05, 0) is 38.2 Å². The van der Waals surface area contributed by atoms with E-state index >= 15 is 0 Å². The zero-order chi connectivity index (χ0) is 17.9. The van der Waals surface area contributed by atoms with Crippen molar-refractivity contribution in [3.05, 3.63) is 23.2 Å². The smallest absolute Gasteiger partial charge is 0.238 e. The number of nitrogens with one attached hydrogen (secondary N) is 2. The van der Waals surface area contributed by atoms with Crippen LogP contribution in [0.2, 0.25) is 5.02 Å². The molecule has 7 heteroatoms. The SMILES string of the molecule is CC(C)C(CNC(=O)CC1Sc2ccc(Cl)cc2NC1=O)N(C)C. The molecule has 5 nitrogen and oxygen atoms in total. The molecule has 0 saturated heterocycles. The van der Waals surface area contributed by atoms with Crippen LogP contribution < -0.4 is 10.6 Å². The fourth-order valence-corrected chi connectivity index (χ4v) is 3.99. The molecule has 0 aliphatic carbocycles. The first-order valence-corrected chi connectivity index (χ1v) is 9.24. The van der Waals surface area contributed by atoms with E-state index in [2.05, 4.69) is 29.4 Å². The fourth-order valence-electron chi connectivity index (χ4n) is 2.73. The molecule has 2 atom stereocenters. The number of carbonyl (C=O) groups is 2. The molecule has 24 heavy (non-hydrogen) atoms. The minimum atomic E-state index is -0.421. The third-order valence-corrected chi connectivity index (χ3v) is 5.58. The van der Waals surface area contributed by atoms with Crippen molar-refractivity contribution in [1.82, 2.24) is 10.2 Å². The van der Waals surface area contributed by atoms with Crippen LogP contribution in [0.1, 0.15) is 20.3 Å². The van der Waals surface area contributed by atoms with E-state index in [1.54, 1.807) is 12.1 Å². The number of nitrogens with zero attached hydrogens (tertiary/aromatic N) is 1. The normalized spacial score (nSPS) is 18.3. The van der Waals surface area contributed by atoms with Gasteiger partial charge in [0, 0.05) is 28.9 Å². The van der Waals surface area contributed by atoms with Gasteiger partial charge in [0.05, 0.1) is 10.9 Å². The van der Waals surface area contributed by atoms with E-state index in [9.17, 15) is 9.59 Å². The van der Waals surface area contributed by atoms with Crippen LogP contribution in [0.15, 0.2) is 23.1 Å². The molecule has 0 aromatic heterocycles. The van der Waals surface area contributed by atoms with E-state index in [0.29, 0.717) is 23.2 Å². The van der Waals surface area contributed by atoms with Gasteiger partial charge in [0.2, 0.25) is 11.8 Å². The number of hydrogen-bond acceptors (Lipinski definition) is 4. The first-order valence-electron chi connectivity index (χ1n) is 7.98. The van der Waals surface area contributed by atoms with Crippen molar-refractivity contribution in [3.8, 4) is 0 Å². The maximum atomic E-state index is 12.2. The monoisotopic (exact) mass is 369 g/mol. The molecule has 2 N–H and O–H groups in total. The van der Waals surface area contributed by atoms with Gasteiger partial charge in [-0.3, -0.25) is 9.59 Å². The van der Waals surface area contributed by atoms with E-state index in [1.165, 1.54) is 11.8 Å². The average Bonchev–Trinajstić information content (AvgIpc) is 2.47. The molecule has 2 amide bonds. The van der Waals surface area contributed by atoms with Crippen molar-refractivity contribution in [3.63, 3.8) is 0 Å². The predicted octanol–water partition coefficient (Wildman–Crippen LogP) is 2.85. The van der Waals surface area contributed by atoms with Crippen LogP contribution in [0.4, 0.5) is 5.69 Å². The Balaban J connectivity index is 1.92. The summed E-state index contributed by atoms with van der Waals surface area (Å²) in [6.45, 7) is 4.83. The van der Waals surface area contributed by atoms with Gasteiger partial charge in [0.25, 0.3) is 0 Å². The Morgan fingerprint density at radius 1 is 1.42 bits per heavy atom. The van der Waals surface area contributed by atoms with Crippen molar-refractivity contribution in [2.24, 2.45) is 5.92 Å². The summed E-state index contributed by atoms with van der Waals surface area (Å²) in [6, 6.07) is 5.65. The summed E-state index contributed by atoms with van der Waals surface area (Å²) in [6.07, 6.45) is 0.164. The number of amides is 2. The van der Waals surface area contributed by atoms with E-state index in [1.807, 2.05) is 20.2 Å². The van der Waals surface area contributed by atoms with Crippen molar-refractivity contribution < 1.29 is 9.59 Å². The van der Waals surface area contributed by atoms with Crippen LogP contribution in [0.3, 0.4) is 0 Å². The number of fused-ring (bicyclic) bond motifs is 1.